The summed E-state index contributed by atoms with van der Waals surface area (Å²) in [7, 11) is -3.58. The van der Waals surface area contributed by atoms with Crippen molar-refractivity contribution in [3.63, 3.8) is 0 Å². The molecule has 116 valence electrons. The van der Waals surface area contributed by atoms with E-state index in [1.54, 1.807) is 24.3 Å². The molecule has 1 aliphatic rings. The molecule has 3 rings (SSSR count). The minimum absolute atomic E-state index is 0.0192. The van der Waals surface area contributed by atoms with Crippen LogP contribution in [-0.2, 0) is 16.6 Å². The summed E-state index contributed by atoms with van der Waals surface area (Å²) in [5, 5.41) is 0.496. The first kappa shape index (κ1) is 15.5. The highest BCUT2D eigenvalue weighted by molar-refractivity contribution is 7.89. The number of sulfonamides is 1. The molecule has 0 heterocycles. The van der Waals surface area contributed by atoms with Crippen molar-refractivity contribution in [2.75, 3.05) is 0 Å². The average Bonchev–Trinajstić information content (AvgIpc) is 3.31. The van der Waals surface area contributed by atoms with Crippen LogP contribution in [0, 0.1) is 5.82 Å². The van der Waals surface area contributed by atoms with E-state index in [1.165, 1.54) is 28.6 Å². The van der Waals surface area contributed by atoms with Crippen LogP contribution in [0.4, 0.5) is 4.39 Å². The van der Waals surface area contributed by atoms with Crippen LogP contribution in [0.2, 0.25) is 5.02 Å². The van der Waals surface area contributed by atoms with Crippen molar-refractivity contribution in [3.05, 3.63) is 64.9 Å². The van der Waals surface area contributed by atoms with E-state index in [9.17, 15) is 12.8 Å². The monoisotopic (exact) mass is 339 g/mol. The van der Waals surface area contributed by atoms with Crippen LogP contribution in [0.25, 0.3) is 0 Å². The molecule has 2 aromatic carbocycles. The smallest absolute Gasteiger partial charge is 0.207 e. The molecule has 3 nitrogen and oxygen atoms in total. The van der Waals surface area contributed by atoms with Crippen molar-refractivity contribution in [3.8, 4) is 0 Å². The molecule has 6 heteroatoms. The summed E-state index contributed by atoms with van der Waals surface area (Å²) >= 11 is 5.82. The fourth-order valence-corrected chi connectivity index (χ4v) is 4.08. The van der Waals surface area contributed by atoms with Gasteiger partial charge in [-0.3, -0.25) is 0 Å². The number of hydrogen-bond acceptors (Lipinski definition) is 2. The minimum atomic E-state index is -3.58. The molecule has 0 aliphatic heterocycles. The van der Waals surface area contributed by atoms with Gasteiger partial charge >= 0.3 is 0 Å². The van der Waals surface area contributed by atoms with Crippen molar-refractivity contribution in [2.45, 2.75) is 30.3 Å². The maximum absolute atomic E-state index is 13.0. The molecule has 1 aliphatic carbocycles. The molecule has 0 bridgehead atoms. The summed E-state index contributed by atoms with van der Waals surface area (Å²) in [4.78, 5) is 0.228. The van der Waals surface area contributed by atoms with E-state index in [2.05, 4.69) is 0 Å². The Morgan fingerprint density at radius 3 is 2.18 bits per heavy atom. The fourth-order valence-electron chi connectivity index (χ4n) is 2.28. The quantitative estimate of drug-likeness (QED) is 0.830. The van der Waals surface area contributed by atoms with Gasteiger partial charge in [0.1, 0.15) is 5.82 Å². The maximum atomic E-state index is 13.0. The van der Waals surface area contributed by atoms with E-state index in [4.69, 9.17) is 11.6 Å². The molecule has 0 unspecified atom stereocenters. The van der Waals surface area contributed by atoms with Gasteiger partial charge in [0.15, 0.2) is 0 Å². The Kier molecular flexibility index (Phi) is 4.21. The highest BCUT2D eigenvalue weighted by atomic mass is 35.5. The molecule has 0 saturated heterocycles. The van der Waals surface area contributed by atoms with Gasteiger partial charge in [0.2, 0.25) is 10.0 Å². The summed E-state index contributed by atoms with van der Waals surface area (Å²) in [5.74, 6) is -0.331. The third-order valence-electron chi connectivity index (χ3n) is 3.63. The van der Waals surface area contributed by atoms with E-state index in [1.807, 2.05) is 0 Å². The third kappa shape index (κ3) is 3.32. The van der Waals surface area contributed by atoms with Gasteiger partial charge in [-0.15, -0.1) is 0 Å². The third-order valence-corrected chi connectivity index (χ3v) is 5.79. The molecule has 0 atom stereocenters. The zero-order valence-electron chi connectivity index (χ0n) is 11.7. The molecule has 1 fully saturated rings. The number of rotatable bonds is 5. The molecular weight excluding hydrogens is 325 g/mol. The van der Waals surface area contributed by atoms with Crippen LogP contribution < -0.4 is 0 Å². The first-order valence-electron chi connectivity index (χ1n) is 6.99. The van der Waals surface area contributed by atoms with Gasteiger partial charge in [0.05, 0.1) is 4.90 Å². The molecule has 0 N–H and O–H groups in total. The summed E-state index contributed by atoms with van der Waals surface area (Å²) in [5.41, 5.74) is 0.769. The van der Waals surface area contributed by atoms with E-state index in [-0.39, 0.29) is 23.3 Å². The largest absolute Gasteiger partial charge is 0.243 e. The van der Waals surface area contributed by atoms with Gasteiger partial charge in [-0.05, 0) is 54.8 Å². The SMILES string of the molecule is O=S(=O)(c1ccc(Cl)cc1)N(Cc1ccc(F)cc1)C1CC1. The summed E-state index contributed by atoms with van der Waals surface area (Å²) in [6.07, 6.45) is 1.71. The number of benzene rings is 2. The molecule has 1 saturated carbocycles. The van der Waals surface area contributed by atoms with Crippen molar-refractivity contribution in [1.29, 1.82) is 0 Å². The Morgan fingerprint density at radius 1 is 1.05 bits per heavy atom. The zero-order valence-corrected chi connectivity index (χ0v) is 13.3. The first-order valence-corrected chi connectivity index (χ1v) is 8.80. The maximum Gasteiger partial charge on any atom is 0.243 e. The number of halogens is 2. The van der Waals surface area contributed by atoms with Crippen LogP contribution >= 0.6 is 11.6 Å². The van der Waals surface area contributed by atoms with Gasteiger partial charge in [0, 0.05) is 17.6 Å². The highest BCUT2D eigenvalue weighted by Crippen LogP contribution is 2.33. The molecular formula is C16H15ClFNO2S. The van der Waals surface area contributed by atoms with Crippen molar-refractivity contribution in [1.82, 2.24) is 4.31 Å². The normalized spacial score (nSPS) is 15.2. The first-order chi connectivity index (χ1) is 10.5. The number of hydrogen-bond donors (Lipinski definition) is 0. The van der Waals surface area contributed by atoms with Crippen LogP contribution in [-0.4, -0.2) is 18.8 Å². The Bertz CT molecular complexity index is 756. The minimum Gasteiger partial charge on any atom is -0.207 e. The van der Waals surface area contributed by atoms with Gasteiger partial charge < -0.3 is 0 Å². The lowest BCUT2D eigenvalue weighted by molar-refractivity contribution is 0.398. The molecule has 0 amide bonds. The summed E-state index contributed by atoms with van der Waals surface area (Å²) in [6.45, 7) is 0.246. The van der Waals surface area contributed by atoms with Gasteiger partial charge in [-0.1, -0.05) is 23.7 Å². The molecule has 0 radical (unpaired) electrons. The van der Waals surface area contributed by atoms with E-state index < -0.39 is 10.0 Å². The predicted octanol–water partition coefficient (Wildman–Crippen LogP) is 3.83. The topological polar surface area (TPSA) is 37.4 Å². The lowest BCUT2D eigenvalue weighted by Crippen LogP contribution is -2.32. The Morgan fingerprint density at radius 2 is 1.64 bits per heavy atom. The van der Waals surface area contributed by atoms with Crippen molar-refractivity contribution in [2.24, 2.45) is 0 Å². The van der Waals surface area contributed by atoms with Crippen molar-refractivity contribution >= 4 is 21.6 Å². The standard InChI is InChI=1S/C16H15ClFNO2S/c17-13-3-9-16(10-4-13)22(20,21)19(15-7-8-15)11-12-1-5-14(18)6-2-12/h1-6,9-10,15H,7-8,11H2. The lowest BCUT2D eigenvalue weighted by atomic mass is 10.2. The van der Waals surface area contributed by atoms with Crippen LogP contribution in [0.1, 0.15) is 18.4 Å². The summed E-state index contributed by atoms with van der Waals surface area (Å²) in [6, 6.07) is 12.1. The Labute approximate surface area is 134 Å². The van der Waals surface area contributed by atoms with Crippen LogP contribution in [0.3, 0.4) is 0 Å². The summed E-state index contributed by atoms with van der Waals surface area (Å²) < 4.78 is 40.1. The van der Waals surface area contributed by atoms with E-state index in [0.29, 0.717) is 5.02 Å². The zero-order chi connectivity index (χ0) is 15.7. The van der Waals surface area contributed by atoms with E-state index >= 15 is 0 Å². The second-order valence-corrected chi connectivity index (χ2v) is 7.69. The van der Waals surface area contributed by atoms with Gasteiger partial charge in [-0.25, -0.2) is 12.8 Å². The average molecular weight is 340 g/mol. The van der Waals surface area contributed by atoms with Crippen molar-refractivity contribution < 1.29 is 12.8 Å². The fraction of sp³-hybridized carbons (Fsp3) is 0.250. The molecule has 2 aromatic rings. The van der Waals surface area contributed by atoms with Crippen LogP contribution in [0.5, 0.6) is 0 Å². The molecule has 22 heavy (non-hydrogen) atoms. The lowest BCUT2D eigenvalue weighted by Gasteiger charge is -2.22. The second-order valence-electron chi connectivity index (χ2n) is 5.36. The molecule has 0 spiro atoms. The Balaban J connectivity index is 1.90. The van der Waals surface area contributed by atoms with Gasteiger partial charge in [-0.2, -0.15) is 4.31 Å². The molecule has 0 aromatic heterocycles. The van der Waals surface area contributed by atoms with Crippen LogP contribution in [0.15, 0.2) is 53.4 Å². The second kappa shape index (κ2) is 5.99. The van der Waals surface area contributed by atoms with Gasteiger partial charge in [0.25, 0.3) is 0 Å². The number of nitrogens with zero attached hydrogens (tertiary/aromatic N) is 1. The van der Waals surface area contributed by atoms with E-state index in [0.717, 1.165) is 18.4 Å². The Hall–Kier alpha value is -1.43. The predicted molar refractivity (Wildman–Crippen MR) is 83.6 cm³/mol. The highest BCUT2D eigenvalue weighted by Gasteiger charge is 2.38.